The average Bonchev–Trinajstić information content (AvgIpc) is 3.04. The highest BCUT2D eigenvalue weighted by Gasteiger charge is 2.51. The minimum Gasteiger partial charge on any atom is -0.348 e. The normalized spacial score (nSPS) is 21.2. The smallest absolute Gasteiger partial charge is 0.325 e. The van der Waals surface area contributed by atoms with Crippen molar-refractivity contribution in [1.29, 1.82) is 0 Å². The molecule has 2 aromatic carbocycles. The first-order chi connectivity index (χ1) is 15.3. The van der Waals surface area contributed by atoms with Gasteiger partial charge in [0.05, 0.1) is 6.04 Å². The summed E-state index contributed by atoms with van der Waals surface area (Å²) in [5.74, 6) is -1.35. The molecule has 1 aliphatic heterocycles. The van der Waals surface area contributed by atoms with Crippen molar-refractivity contribution in [3.63, 3.8) is 0 Å². The molecule has 2 N–H and O–H groups in total. The fraction of sp³-hybridized carbons (Fsp3) is 0.400. The molecule has 0 spiro atoms. The Morgan fingerprint density at radius 3 is 2.50 bits per heavy atom. The van der Waals surface area contributed by atoms with Gasteiger partial charge in [-0.1, -0.05) is 37.3 Å². The number of carbonyl (C=O) groups excluding carboxylic acids is 3. The Morgan fingerprint density at radius 1 is 1.12 bits per heavy atom. The van der Waals surface area contributed by atoms with E-state index < -0.39 is 29.2 Å². The van der Waals surface area contributed by atoms with Gasteiger partial charge in [0.2, 0.25) is 5.91 Å². The monoisotopic (exact) mass is 437 g/mol. The highest BCUT2D eigenvalue weighted by molar-refractivity contribution is 6.09. The van der Waals surface area contributed by atoms with E-state index in [-0.39, 0.29) is 19.0 Å². The van der Waals surface area contributed by atoms with Gasteiger partial charge in [0.15, 0.2) is 0 Å². The lowest BCUT2D eigenvalue weighted by Gasteiger charge is -2.26. The lowest BCUT2D eigenvalue weighted by Crippen LogP contribution is -2.45. The molecule has 2 aliphatic rings. The summed E-state index contributed by atoms with van der Waals surface area (Å²) in [5.41, 5.74) is 2.90. The molecule has 0 saturated carbocycles. The molecular weight excluding hydrogens is 409 g/mol. The largest absolute Gasteiger partial charge is 0.348 e. The Labute approximate surface area is 187 Å². The van der Waals surface area contributed by atoms with Crippen molar-refractivity contribution in [3.05, 3.63) is 70.5 Å². The van der Waals surface area contributed by atoms with E-state index in [4.69, 9.17) is 0 Å². The molecule has 1 aliphatic carbocycles. The molecule has 2 aromatic rings. The molecule has 6 nitrogen and oxygen atoms in total. The Hall–Kier alpha value is -3.22. The van der Waals surface area contributed by atoms with Crippen LogP contribution in [-0.2, 0) is 28.0 Å². The average molecular weight is 438 g/mol. The molecule has 0 unspecified atom stereocenters. The fourth-order valence-electron chi connectivity index (χ4n) is 4.68. The Balaban J connectivity index is 1.45. The first-order valence-corrected chi connectivity index (χ1v) is 11.2. The quantitative estimate of drug-likeness (QED) is 0.676. The molecule has 0 bridgehead atoms. The van der Waals surface area contributed by atoms with Crippen LogP contribution >= 0.6 is 0 Å². The number of benzene rings is 2. The number of hydrogen-bond acceptors (Lipinski definition) is 3. The molecule has 0 aromatic heterocycles. The van der Waals surface area contributed by atoms with Crippen molar-refractivity contribution in [3.8, 4) is 0 Å². The van der Waals surface area contributed by atoms with E-state index in [0.717, 1.165) is 23.3 Å². The third-order valence-electron chi connectivity index (χ3n) is 6.59. The lowest BCUT2D eigenvalue weighted by molar-refractivity contribution is -0.135. The third kappa shape index (κ3) is 3.99. The van der Waals surface area contributed by atoms with Gasteiger partial charge < -0.3 is 10.6 Å². The number of carbonyl (C=O) groups is 3. The van der Waals surface area contributed by atoms with Crippen LogP contribution in [0.3, 0.4) is 0 Å². The Kier molecular flexibility index (Phi) is 6.00. The van der Waals surface area contributed by atoms with E-state index in [2.05, 4.69) is 22.8 Å². The molecule has 4 rings (SSSR count). The predicted molar refractivity (Wildman–Crippen MR) is 118 cm³/mol. The van der Waals surface area contributed by atoms with Crippen LogP contribution in [0.4, 0.5) is 9.18 Å². The zero-order chi connectivity index (χ0) is 22.9. The van der Waals surface area contributed by atoms with Crippen LogP contribution in [0.15, 0.2) is 42.5 Å². The molecule has 1 fully saturated rings. The summed E-state index contributed by atoms with van der Waals surface area (Å²) in [6.45, 7) is 3.29. The van der Waals surface area contributed by atoms with Gasteiger partial charge in [-0.15, -0.1) is 0 Å². The summed E-state index contributed by atoms with van der Waals surface area (Å²) in [6.07, 6.45) is 4.82. The van der Waals surface area contributed by atoms with Crippen molar-refractivity contribution in [2.75, 3.05) is 6.54 Å². The minimum absolute atomic E-state index is 0.247. The predicted octanol–water partition coefficient (Wildman–Crippen LogP) is 3.74. The van der Waals surface area contributed by atoms with Gasteiger partial charge in [-0.2, -0.15) is 0 Å². The maximum absolute atomic E-state index is 13.3. The van der Waals surface area contributed by atoms with E-state index in [1.165, 1.54) is 48.2 Å². The number of halogens is 1. The van der Waals surface area contributed by atoms with Gasteiger partial charge in [-0.25, -0.2) is 9.18 Å². The van der Waals surface area contributed by atoms with E-state index >= 15 is 0 Å². The van der Waals surface area contributed by atoms with Gasteiger partial charge >= 0.3 is 6.03 Å². The standard InChI is InChI=1S/C25H28FN3O3/c1-3-25(20-10-12-21(26)13-11-20)23(31)29(24(32)28-25)15-22(30)27-16(2)18-9-8-17-6-4-5-7-19(17)14-18/h8-14,16H,3-7,15H2,1-2H3,(H,27,30)(H,28,32)/t16-,25+/m1/s1. The summed E-state index contributed by atoms with van der Waals surface area (Å²) in [5, 5.41) is 5.61. The molecule has 1 saturated heterocycles. The van der Waals surface area contributed by atoms with Crippen LogP contribution in [-0.4, -0.2) is 29.3 Å². The maximum atomic E-state index is 13.3. The SMILES string of the molecule is CC[C@@]1(c2ccc(F)cc2)NC(=O)N(CC(=O)N[C@H](C)c2ccc3c(c2)CCCC3)C1=O. The number of amides is 4. The number of imide groups is 1. The summed E-state index contributed by atoms with van der Waals surface area (Å²) in [4.78, 5) is 39.4. The maximum Gasteiger partial charge on any atom is 0.325 e. The second-order valence-corrected chi connectivity index (χ2v) is 8.61. The van der Waals surface area contributed by atoms with Gasteiger partial charge in [0.1, 0.15) is 17.9 Å². The number of fused-ring (bicyclic) bond motifs is 1. The topological polar surface area (TPSA) is 78.5 Å². The van der Waals surface area contributed by atoms with E-state index in [0.29, 0.717) is 5.56 Å². The summed E-state index contributed by atoms with van der Waals surface area (Å²) in [7, 11) is 0. The second kappa shape index (κ2) is 8.73. The summed E-state index contributed by atoms with van der Waals surface area (Å²) >= 11 is 0. The van der Waals surface area contributed by atoms with Crippen LogP contribution in [0.2, 0.25) is 0 Å². The summed E-state index contributed by atoms with van der Waals surface area (Å²) in [6, 6.07) is 10.9. The van der Waals surface area contributed by atoms with Crippen LogP contribution < -0.4 is 10.6 Å². The van der Waals surface area contributed by atoms with Crippen LogP contribution in [0.5, 0.6) is 0 Å². The Morgan fingerprint density at radius 2 is 1.81 bits per heavy atom. The zero-order valence-corrected chi connectivity index (χ0v) is 18.4. The molecule has 0 radical (unpaired) electrons. The van der Waals surface area contributed by atoms with Crippen molar-refractivity contribution >= 4 is 17.8 Å². The number of hydrogen-bond donors (Lipinski definition) is 2. The van der Waals surface area contributed by atoms with Crippen molar-refractivity contribution in [1.82, 2.24) is 15.5 Å². The lowest BCUT2D eigenvalue weighted by atomic mass is 9.87. The van der Waals surface area contributed by atoms with Gasteiger partial charge in [0.25, 0.3) is 5.91 Å². The van der Waals surface area contributed by atoms with Gasteiger partial charge in [-0.05, 0) is 73.4 Å². The third-order valence-corrected chi connectivity index (χ3v) is 6.59. The number of rotatable bonds is 6. The van der Waals surface area contributed by atoms with Crippen LogP contribution in [0, 0.1) is 5.82 Å². The molecular formula is C25H28FN3O3. The molecule has 32 heavy (non-hydrogen) atoms. The molecule has 7 heteroatoms. The van der Waals surface area contributed by atoms with Crippen LogP contribution in [0.25, 0.3) is 0 Å². The number of nitrogens with one attached hydrogen (secondary N) is 2. The number of aryl methyl sites for hydroxylation is 2. The van der Waals surface area contributed by atoms with Crippen LogP contribution in [0.1, 0.15) is 61.4 Å². The van der Waals surface area contributed by atoms with Crippen molar-refractivity contribution < 1.29 is 18.8 Å². The highest BCUT2D eigenvalue weighted by Crippen LogP contribution is 2.32. The zero-order valence-electron chi connectivity index (χ0n) is 18.4. The number of urea groups is 1. The first-order valence-electron chi connectivity index (χ1n) is 11.2. The molecule has 168 valence electrons. The molecule has 2 atom stereocenters. The fourth-order valence-corrected chi connectivity index (χ4v) is 4.68. The summed E-state index contributed by atoms with van der Waals surface area (Å²) < 4.78 is 13.3. The molecule has 4 amide bonds. The minimum atomic E-state index is -1.30. The van der Waals surface area contributed by atoms with E-state index in [9.17, 15) is 18.8 Å². The highest BCUT2D eigenvalue weighted by atomic mass is 19.1. The van der Waals surface area contributed by atoms with Crippen molar-refractivity contribution in [2.24, 2.45) is 0 Å². The number of nitrogens with zero attached hydrogens (tertiary/aromatic N) is 1. The first kappa shape index (κ1) is 22.0. The van der Waals surface area contributed by atoms with E-state index in [1.807, 2.05) is 13.0 Å². The van der Waals surface area contributed by atoms with Crippen molar-refractivity contribution in [2.45, 2.75) is 57.5 Å². The Bertz CT molecular complexity index is 1050. The van der Waals surface area contributed by atoms with E-state index in [1.54, 1.807) is 6.92 Å². The second-order valence-electron chi connectivity index (χ2n) is 8.61. The van der Waals surface area contributed by atoms with Gasteiger partial charge in [-0.3, -0.25) is 14.5 Å². The van der Waals surface area contributed by atoms with Gasteiger partial charge in [0, 0.05) is 0 Å². The molecule has 1 heterocycles.